The van der Waals surface area contributed by atoms with E-state index in [1.165, 1.54) is 12.8 Å². The average Bonchev–Trinajstić information content (AvgIpc) is 2.28. The van der Waals surface area contributed by atoms with Crippen LogP contribution in [0.5, 0.6) is 0 Å². The van der Waals surface area contributed by atoms with Gasteiger partial charge in [0.2, 0.25) is 5.91 Å². The summed E-state index contributed by atoms with van der Waals surface area (Å²) >= 11 is 0. The van der Waals surface area contributed by atoms with Gasteiger partial charge < -0.3 is 9.64 Å². The van der Waals surface area contributed by atoms with Gasteiger partial charge in [0.05, 0.1) is 12.6 Å². The van der Waals surface area contributed by atoms with Gasteiger partial charge in [-0.2, -0.15) is 0 Å². The monoisotopic (exact) mass is 242 g/mol. The predicted molar refractivity (Wildman–Crippen MR) is 69.0 cm³/mol. The molecule has 0 aromatic rings. The molecule has 1 rings (SSSR count). The second-order valence-corrected chi connectivity index (χ2v) is 5.28. The minimum Gasteiger partial charge on any atom is -0.377 e. The lowest BCUT2D eigenvalue weighted by Gasteiger charge is -2.29. The van der Waals surface area contributed by atoms with Crippen LogP contribution in [0.4, 0.5) is 0 Å². The summed E-state index contributed by atoms with van der Waals surface area (Å²) in [5.41, 5.74) is 0. The molecular weight excluding hydrogens is 216 g/mol. The van der Waals surface area contributed by atoms with Gasteiger partial charge >= 0.3 is 0 Å². The van der Waals surface area contributed by atoms with E-state index in [4.69, 9.17) is 4.74 Å². The van der Waals surface area contributed by atoms with Gasteiger partial charge in [-0.3, -0.25) is 9.69 Å². The van der Waals surface area contributed by atoms with Crippen molar-refractivity contribution < 1.29 is 9.53 Å². The molecule has 0 aromatic carbocycles. The van der Waals surface area contributed by atoms with Crippen LogP contribution in [0, 0.1) is 0 Å². The van der Waals surface area contributed by atoms with Crippen LogP contribution in [0.3, 0.4) is 0 Å². The first-order valence-electron chi connectivity index (χ1n) is 6.56. The molecule has 100 valence electrons. The van der Waals surface area contributed by atoms with Crippen molar-refractivity contribution >= 4 is 5.91 Å². The van der Waals surface area contributed by atoms with Crippen molar-refractivity contribution in [2.24, 2.45) is 0 Å². The molecule has 4 nitrogen and oxygen atoms in total. The summed E-state index contributed by atoms with van der Waals surface area (Å²) in [5, 5.41) is 0. The minimum absolute atomic E-state index is 0.179. The largest absolute Gasteiger partial charge is 0.377 e. The van der Waals surface area contributed by atoms with E-state index in [0.717, 1.165) is 19.6 Å². The highest BCUT2D eigenvalue weighted by atomic mass is 16.5. The summed E-state index contributed by atoms with van der Waals surface area (Å²) in [6.07, 6.45) is 3.86. The number of amides is 1. The zero-order valence-corrected chi connectivity index (χ0v) is 11.6. The Morgan fingerprint density at radius 2 is 2.06 bits per heavy atom. The molecule has 1 amide bonds. The summed E-state index contributed by atoms with van der Waals surface area (Å²) in [6.45, 7) is 6.27. The van der Waals surface area contributed by atoms with Gasteiger partial charge in [0, 0.05) is 26.2 Å². The van der Waals surface area contributed by atoms with Crippen LogP contribution >= 0.6 is 0 Å². The molecule has 17 heavy (non-hydrogen) atoms. The van der Waals surface area contributed by atoms with E-state index in [2.05, 4.69) is 4.90 Å². The molecule has 0 radical (unpaired) electrons. The van der Waals surface area contributed by atoms with Crippen LogP contribution in [-0.4, -0.2) is 61.6 Å². The topological polar surface area (TPSA) is 32.8 Å². The molecule has 1 heterocycles. The van der Waals surface area contributed by atoms with Crippen molar-refractivity contribution in [2.75, 3.05) is 33.8 Å². The molecule has 1 unspecified atom stereocenters. The Kier molecular flexibility index (Phi) is 5.92. The third kappa shape index (κ3) is 5.04. The summed E-state index contributed by atoms with van der Waals surface area (Å²) in [6, 6.07) is 0.266. The highest BCUT2D eigenvalue weighted by Crippen LogP contribution is 2.13. The van der Waals surface area contributed by atoms with E-state index in [1.807, 2.05) is 27.9 Å². The molecular formula is C13H26N2O2. The fourth-order valence-electron chi connectivity index (χ4n) is 1.99. The lowest BCUT2D eigenvalue weighted by molar-refractivity contribution is -0.132. The third-order valence-electron chi connectivity index (χ3n) is 3.36. The van der Waals surface area contributed by atoms with Gasteiger partial charge in [0.15, 0.2) is 0 Å². The number of rotatable bonds is 5. The highest BCUT2D eigenvalue weighted by Gasteiger charge is 2.19. The molecule has 1 saturated heterocycles. The van der Waals surface area contributed by atoms with E-state index in [1.54, 1.807) is 4.90 Å². The van der Waals surface area contributed by atoms with E-state index in [-0.39, 0.29) is 11.9 Å². The molecule has 0 bridgehead atoms. The third-order valence-corrected chi connectivity index (χ3v) is 3.36. The summed E-state index contributed by atoms with van der Waals surface area (Å²) < 4.78 is 5.67. The van der Waals surface area contributed by atoms with Gasteiger partial charge in [0.25, 0.3) is 0 Å². The maximum Gasteiger partial charge on any atom is 0.236 e. The number of nitrogens with zero attached hydrogens (tertiary/aromatic N) is 2. The van der Waals surface area contributed by atoms with E-state index < -0.39 is 0 Å². The number of carbonyl (C=O) groups excluding carboxylic acids is 1. The second-order valence-electron chi connectivity index (χ2n) is 5.28. The maximum absolute atomic E-state index is 11.9. The molecule has 1 aliphatic rings. The van der Waals surface area contributed by atoms with Crippen molar-refractivity contribution in [3.63, 3.8) is 0 Å². The Bertz CT molecular complexity index is 238. The molecule has 0 N–H and O–H groups in total. The zero-order chi connectivity index (χ0) is 12.8. The van der Waals surface area contributed by atoms with E-state index in [9.17, 15) is 4.79 Å². The molecule has 4 heteroatoms. The minimum atomic E-state index is 0.179. The Morgan fingerprint density at radius 1 is 1.35 bits per heavy atom. The quantitative estimate of drug-likeness (QED) is 0.729. The smallest absolute Gasteiger partial charge is 0.236 e. The standard InChI is InChI=1S/C13H26N2O2/c1-11(2)15(4)13(16)10-14(3)9-12-7-5-6-8-17-12/h11-12H,5-10H2,1-4H3. The molecule has 0 spiro atoms. The lowest BCUT2D eigenvalue weighted by atomic mass is 10.1. The summed E-state index contributed by atoms with van der Waals surface area (Å²) in [5.74, 6) is 0.179. The maximum atomic E-state index is 11.9. The average molecular weight is 242 g/mol. The van der Waals surface area contributed by atoms with Crippen molar-refractivity contribution in [2.45, 2.75) is 45.3 Å². The molecule has 0 aliphatic carbocycles. The van der Waals surface area contributed by atoms with Crippen molar-refractivity contribution in [1.82, 2.24) is 9.80 Å². The Morgan fingerprint density at radius 3 is 2.59 bits per heavy atom. The van der Waals surface area contributed by atoms with Crippen LogP contribution in [0.15, 0.2) is 0 Å². The highest BCUT2D eigenvalue weighted by molar-refractivity contribution is 5.78. The number of hydrogen-bond acceptors (Lipinski definition) is 3. The molecule has 0 saturated carbocycles. The van der Waals surface area contributed by atoms with Crippen LogP contribution in [0.25, 0.3) is 0 Å². The van der Waals surface area contributed by atoms with Crippen molar-refractivity contribution in [3.8, 4) is 0 Å². The fraction of sp³-hybridized carbons (Fsp3) is 0.923. The summed E-state index contributed by atoms with van der Waals surface area (Å²) in [7, 11) is 3.85. The first-order chi connectivity index (χ1) is 8.00. The van der Waals surface area contributed by atoms with Crippen LogP contribution in [-0.2, 0) is 9.53 Å². The fourth-order valence-corrected chi connectivity index (χ4v) is 1.99. The number of carbonyl (C=O) groups is 1. The Balaban J connectivity index is 2.28. The molecule has 1 aliphatic heterocycles. The predicted octanol–water partition coefficient (Wildman–Crippen LogP) is 1.35. The number of hydrogen-bond donors (Lipinski definition) is 0. The lowest BCUT2D eigenvalue weighted by Crippen LogP contribution is -2.42. The number of ether oxygens (including phenoxy) is 1. The Labute approximate surface area is 105 Å². The van der Waals surface area contributed by atoms with Gasteiger partial charge in [0.1, 0.15) is 0 Å². The number of likely N-dealkylation sites (N-methyl/N-ethyl adjacent to an activating group) is 2. The zero-order valence-electron chi connectivity index (χ0n) is 11.6. The Hall–Kier alpha value is -0.610. The van der Waals surface area contributed by atoms with Gasteiger partial charge in [-0.05, 0) is 40.2 Å². The van der Waals surface area contributed by atoms with E-state index >= 15 is 0 Å². The van der Waals surface area contributed by atoms with Crippen molar-refractivity contribution in [1.29, 1.82) is 0 Å². The molecule has 1 atom stereocenters. The molecule has 0 aromatic heterocycles. The van der Waals surface area contributed by atoms with Gasteiger partial charge in [-0.25, -0.2) is 0 Å². The SMILES string of the molecule is CC(C)N(C)C(=O)CN(C)CC1CCCCO1. The first kappa shape index (κ1) is 14.5. The van der Waals surface area contributed by atoms with Crippen LogP contribution < -0.4 is 0 Å². The van der Waals surface area contributed by atoms with Gasteiger partial charge in [-0.1, -0.05) is 0 Å². The van der Waals surface area contributed by atoms with Gasteiger partial charge in [-0.15, -0.1) is 0 Å². The van der Waals surface area contributed by atoms with Crippen LogP contribution in [0.2, 0.25) is 0 Å². The normalized spacial score (nSPS) is 20.9. The van der Waals surface area contributed by atoms with Crippen molar-refractivity contribution in [3.05, 3.63) is 0 Å². The van der Waals surface area contributed by atoms with E-state index in [0.29, 0.717) is 12.6 Å². The summed E-state index contributed by atoms with van der Waals surface area (Å²) in [4.78, 5) is 15.7. The first-order valence-corrected chi connectivity index (χ1v) is 6.56. The second kappa shape index (κ2) is 6.97. The van der Waals surface area contributed by atoms with Crippen LogP contribution in [0.1, 0.15) is 33.1 Å². The molecule has 1 fully saturated rings.